The second-order valence-electron chi connectivity index (χ2n) is 4.47. The molecule has 0 saturated heterocycles. The van der Waals surface area contributed by atoms with Crippen molar-refractivity contribution in [1.29, 1.82) is 0 Å². The van der Waals surface area contributed by atoms with Crippen molar-refractivity contribution in [3.63, 3.8) is 0 Å². The lowest BCUT2D eigenvalue weighted by Crippen LogP contribution is -2.14. The van der Waals surface area contributed by atoms with E-state index in [2.05, 4.69) is 31.9 Å². The van der Waals surface area contributed by atoms with Crippen molar-refractivity contribution in [3.05, 3.63) is 61.0 Å². The summed E-state index contributed by atoms with van der Waals surface area (Å²) in [5.74, 6) is 0.704. The van der Waals surface area contributed by atoms with Gasteiger partial charge in [0.15, 0.2) is 0 Å². The van der Waals surface area contributed by atoms with Gasteiger partial charge >= 0.3 is 0 Å². The van der Waals surface area contributed by atoms with Crippen molar-refractivity contribution >= 4 is 43.5 Å². The molecule has 0 bridgehead atoms. The molecule has 2 aromatic rings. The summed E-state index contributed by atoms with van der Waals surface area (Å²) >= 11 is 13.2. The SMILES string of the molecule is COc1c(Br)cc(Cl)cc1C(N)c1cccc(C)c1Br. The Morgan fingerprint density at radius 2 is 1.90 bits per heavy atom. The number of hydrogen-bond acceptors (Lipinski definition) is 2. The molecule has 1 unspecified atom stereocenters. The maximum atomic E-state index is 6.41. The highest BCUT2D eigenvalue weighted by Gasteiger charge is 2.19. The molecule has 2 rings (SSSR count). The second-order valence-corrected chi connectivity index (χ2v) is 6.55. The van der Waals surface area contributed by atoms with Crippen LogP contribution in [0, 0.1) is 6.92 Å². The molecule has 0 spiro atoms. The molecular weight excluding hydrogens is 405 g/mol. The smallest absolute Gasteiger partial charge is 0.138 e. The first-order valence-electron chi connectivity index (χ1n) is 5.99. The van der Waals surface area contributed by atoms with Gasteiger partial charge in [-0.15, -0.1) is 0 Å². The van der Waals surface area contributed by atoms with Gasteiger partial charge in [-0.1, -0.05) is 45.7 Å². The Hall–Kier alpha value is -0.550. The first-order valence-corrected chi connectivity index (χ1v) is 7.95. The lowest BCUT2D eigenvalue weighted by Gasteiger charge is -2.19. The molecule has 0 aliphatic heterocycles. The van der Waals surface area contributed by atoms with Crippen LogP contribution in [0.3, 0.4) is 0 Å². The number of nitrogens with two attached hydrogens (primary N) is 1. The van der Waals surface area contributed by atoms with E-state index < -0.39 is 0 Å². The van der Waals surface area contributed by atoms with Crippen LogP contribution in [0.25, 0.3) is 0 Å². The summed E-state index contributed by atoms with van der Waals surface area (Å²) in [5, 5.41) is 0.618. The number of aryl methyl sites for hydroxylation is 1. The molecule has 2 N–H and O–H groups in total. The third-order valence-corrected chi connectivity index (χ3v) is 5.02. The summed E-state index contributed by atoms with van der Waals surface area (Å²) in [6.07, 6.45) is 0. The first kappa shape index (κ1) is 15.8. The Labute approximate surface area is 140 Å². The average Bonchev–Trinajstić information content (AvgIpc) is 2.40. The van der Waals surface area contributed by atoms with Crippen molar-refractivity contribution in [2.75, 3.05) is 7.11 Å². The number of ether oxygens (including phenoxy) is 1. The minimum absolute atomic E-state index is 0.325. The summed E-state index contributed by atoms with van der Waals surface area (Å²) in [4.78, 5) is 0. The van der Waals surface area contributed by atoms with Gasteiger partial charge in [0.1, 0.15) is 5.75 Å². The zero-order valence-electron chi connectivity index (χ0n) is 11.1. The molecule has 0 aliphatic carbocycles. The Balaban J connectivity index is 2.58. The van der Waals surface area contributed by atoms with Crippen LogP contribution in [0.15, 0.2) is 39.3 Å². The zero-order chi connectivity index (χ0) is 14.9. The van der Waals surface area contributed by atoms with Gasteiger partial charge in [-0.05, 0) is 46.1 Å². The van der Waals surface area contributed by atoms with Crippen molar-refractivity contribution in [3.8, 4) is 5.75 Å². The number of benzene rings is 2. The molecule has 5 heteroatoms. The highest BCUT2D eigenvalue weighted by molar-refractivity contribution is 9.10. The molecule has 0 radical (unpaired) electrons. The normalized spacial score (nSPS) is 12.3. The molecule has 20 heavy (non-hydrogen) atoms. The fourth-order valence-electron chi connectivity index (χ4n) is 2.10. The highest BCUT2D eigenvalue weighted by Crippen LogP contribution is 2.39. The van der Waals surface area contributed by atoms with Crippen LogP contribution < -0.4 is 10.5 Å². The van der Waals surface area contributed by atoms with Crippen molar-refractivity contribution in [2.45, 2.75) is 13.0 Å². The third kappa shape index (κ3) is 3.03. The molecule has 2 nitrogen and oxygen atoms in total. The Bertz CT molecular complexity index is 646. The van der Waals surface area contributed by atoms with Crippen LogP contribution in [-0.2, 0) is 0 Å². The van der Waals surface area contributed by atoms with Gasteiger partial charge < -0.3 is 10.5 Å². The number of rotatable bonds is 3. The van der Waals surface area contributed by atoms with Crippen LogP contribution in [0.5, 0.6) is 5.75 Å². The van der Waals surface area contributed by atoms with E-state index in [-0.39, 0.29) is 6.04 Å². The lowest BCUT2D eigenvalue weighted by atomic mass is 9.97. The van der Waals surface area contributed by atoms with Crippen LogP contribution in [-0.4, -0.2) is 7.11 Å². The van der Waals surface area contributed by atoms with Gasteiger partial charge in [0, 0.05) is 15.1 Å². The fourth-order valence-corrected chi connectivity index (χ4v) is 3.61. The van der Waals surface area contributed by atoms with Crippen LogP contribution in [0.4, 0.5) is 0 Å². The van der Waals surface area contributed by atoms with E-state index in [1.165, 1.54) is 0 Å². The van der Waals surface area contributed by atoms with E-state index in [1.807, 2.05) is 31.2 Å². The van der Waals surface area contributed by atoms with Gasteiger partial charge in [0.25, 0.3) is 0 Å². The minimum atomic E-state index is -0.325. The second kappa shape index (κ2) is 6.48. The van der Waals surface area contributed by atoms with Gasteiger partial charge in [-0.2, -0.15) is 0 Å². The molecule has 0 heterocycles. The number of hydrogen-bond donors (Lipinski definition) is 1. The summed E-state index contributed by atoms with van der Waals surface area (Å²) in [5.41, 5.74) is 9.39. The standard InChI is InChI=1S/C15H14Br2ClNO/c1-8-4-3-5-10(13(8)17)14(19)11-6-9(18)7-12(16)15(11)20-2/h3-7,14H,19H2,1-2H3. The summed E-state index contributed by atoms with van der Waals surface area (Å²) < 4.78 is 7.24. The quantitative estimate of drug-likeness (QED) is 0.739. The molecular formula is C15H14Br2ClNO. The maximum absolute atomic E-state index is 6.41. The van der Waals surface area contributed by atoms with Crippen LogP contribution in [0.1, 0.15) is 22.7 Å². The van der Waals surface area contributed by atoms with E-state index in [4.69, 9.17) is 22.1 Å². The minimum Gasteiger partial charge on any atom is -0.495 e. The third-order valence-electron chi connectivity index (χ3n) is 3.13. The van der Waals surface area contributed by atoms with E-state index in [1.54, 1.807) is 13.2 Å². The Morgan fingerprint density at radius 3 is 2.55 bits per heavy atom. The number of halogens is 3. The summed E-state index contributed by atoms with van der Waals surface area (Å²) in [6, 6.07) is 9.32. The molecule has 0 amide bonds. The largest absolute Gasteiger partial charge is 0.495 e. The Kier molecular flexibility index (Phi) is 5.13. The van der Waals surface area contributed by atoms with Crippen molar-refractivity contribution in [1.82, 2.24) is 0 Å². The van der Waals surface area contributed by atoms with E-state index >= 15 is 0 Å². The average molecular weight is 420 g/mol. The molecule has 0 fully saturated rings. The molecule has 0 aromatic heterocycles. The van der Waals surface area contributed by atoms with Crippen LogP contribution in [0.2, 0.25) is 5.02 Å². The fraction of sp³-hybridized carbons (Fsp3) is 0.200. The van der Waals surface area contributed by atoms with Crippen molar-refractivity contribution < 1.29 is 4.74 Å². The molecule has 2 aromatic carbocycles. The maximum Gasteiger partial charge on any atom is 0.138 e. The topological polar surface area (TPSA) is 35.2 Å². The van der Waals surface area contributed by atoms with Gasteiger partial charge in [0.2, 0.25) is 0 Å². The highest BCUT2D eigenvalue weighted by atomic mass is 79.9. The monoisotopic (exact) mass is 417 g/mol. The molecule has 0 aliphatic rings. The summed E-state index contributed by atoms with van der Waals surface area (Å²) in [6.45, 7) is 2.03. The van der Waals surface area contributed by atoms with Gasteiger partial charge in [0.05, 0.1) is 17.6 Å². The van der Waals surface area contributed by atoms with E-state index in [0.717, 1.165) is 25.6 Å². The Morgan fingerprint density at radius 1 is 1.20 bits per heavy atom. The van der Waals surface area contributed by atoms with Gasteiger partial charge in [-0.25, -0.2) is 0 Å². The predicted octanol–water partition coefficient (Wildman–Crippen LogP) is 5.23. The number of methoxy groups -OCH3 is 1. The molecule has 1 atom stereocenters. The van der Waals surface area contributed by atoms with Crippen molar-refractivity contribution in [2.24, 2.45) is 5.73 Å². The first-order chi connectivity index (χ1) is 9.45. The van der Waals surface area contributed by atoms with Crippen LogP contribution >= 0.6 is 43.5 Å². The van der Waals surface area contributed by atoms with Gasteiger partial charge in [-0.3, -0.25) is 0 Å². The van der Waals surface area contributed by atoms with E-state index in [0.29, 0.717) is 10.8 Å². The lowest BCUT2D eigenvalue weighted by molar-refractivity contribution is 0.405. The van der Waals surface area contributed by atoms with E-state index in [9.17, 15) is 0 Å². The summed E-state index contributed by atoms with van der Waals surface area (Å²) in [7, 11) is 1.62. The predicted molar refractivity (Wildman–Crippen MR) is 90.6 cm³/mol. The molecule has 0 saturated carbocycles. The molecule has 106 valence electrons. The zero-order valence-corrected chi connectivity index (χ0v) is 15.0.